The van der Waals surface area contributed by atoms with E-state index in [-0.39, 0.29) is 0 Å². The third-order valence-electron chi connectivity index (χ3n) is 2.32. The number of hydrogen-bond acceptors (Lipinski definition) is 4. The minimum Gasteiger partial charge on any atom is -0.315 e. The van der Waals surface area contributed by atoms with Gasteiger partial charge in [-0.1, -0.05) is 27.2 Å². The maximum atomic E-state index is 4.77. The van der Waals surface area contributed by atoms with Crippen molar-refractivity contribution in [1.82, 2.24) is 10.3 Å². The Bertz CT molecular complexity index is 298. The molecule has 0 spiro atoms. The topological polar surface area (TPSA) is 24.9 Å². The van der Waals surface area contributed by atoms with E-state index in [0.29, 0.717) is 0 Å². The van der Waals surface area contributed by atoms with Crippen LogP contribution >= 0.6 is 23.1 Å². The third kappa shape index (κ3) is 5.40. The van der Waals surface area contributed by atoms with Crippen LogP contribution in [0.2, 0.25) is 0 Å². The number of aryl methyl sites for hydroxylation is 1. The molecule has 1 aromatic heterocycles. The molecule has 1 rings (SSSR count). The fourth-order valence-corrected chi connectivity index (χ4v) is 3.85. The molecule has 0 fully saturated rings. The van der Waals surface area contributed by atoms with E-state index >= 15 is 0 Å². The third-order valence-corrected chi connectivity index (χ3v) is 4.98. The lowest BCUT2D eigenvalue weighted by Crippen LogP contribution is -2.05. The summed E-state index contributed by atoms with van der Waals surface area (Å²) in [6.07, 6.45) is 2.29. The number of hydrogen-bond donors (Lipinski definition) is 1. The van der Waals surface area contributed by atoms with Crippen molar-refractivity contribution in [2.75, 3.05) is 12.8 Å². The molecule has 0 atom stereocenters. The second kappa shape index (κ2) is 8.11. The lowest BCUT2D eigenvalue weighted by molar-refractivity contribution is 0.750. The van der Waals surface area contributed by atoms with Crippen LogP contribution in [0.15, 0.2) is 0 Å². The minimum atomic E-state index is 0.770. The minimum absolute atomic E-state index is 0.770. The summed E-state index contributed by atoms with van der Waals surface area (Å²) in [5.74, 6) is 3.07. The molecule has 1 heterocycles. The fourth-order valence-electron chi connectivity index (χ4n) is 1.61. The molecule has 2 nitrogen and oxygen atoms in total. The van der Waals surface area contributed by atoms with Crippen LogP contribution < -0.4 is 5.32 Å². The predicted molar refractivity (Wildman–Crippen MR) is 79.9 cm³/mol. The van der Waals surface area contributed by atoms with E-state index in [2.05, 4.69) is 26.1 Å². The van der Waals surface area contributed by atoms with Gasteiger partial charge in [0.1, 0.15) is 5.01 Å². The largest absolute Gasteiger partial charge is 0.315 e. The summed E-state index contributed by atoms with van der Waals surface area (Å²) < 4.78 is 0. The number of nitrogens with one attached hydrogen (secondary N) is 1. The Kier molecular flexibility index (Phi) is 7.16. The first-order valence-corrected chi connectivity index (χ1v) is 8.34. The smallest absolute Gasteiger partial charge is 0.103 e. The predicted octanol–water partition coefficient (Wildman–Crippen LogP) is 3.70. The van der Waals surface area contributed by atoms with E-state index in [1.807, 2.05) is 30.1 Å². The van der Waals surface area contributed by atoms with Crippen molar-refractivity contribution < 1.29 is 0 Å². The summed E-state index contributed by atoms with van der Waals surface area (Å²) in [6, 6.07) is 0. The average molecular weight is 272 g/mol. The Morgan fingerprint density at radius 2 is 2.18 bits per heavy atom. The Morgan fingerprint density at radius 1 is 1.41 bits per heavy atom. The van der Waals surface area contributed by atoms with Crippen molar-refractivity contribution in [3.63, 3.8) is 0 Å². The SMILES string of the molecule is CCCc1nc(CSCC(C)C)sc1CNC. The summed E-state index contributed by atoms with van der Waals surface area (Å²) >= 11 is 3.88. The standard InChI is InChI=1S/C13H24N2S2/c1-5-6-11-12(7-14-4)17-13(15-11)9-16-8-10(2)3/h10,14H,5-9H2,1-4H3. The van der Waals surface area contributed by atoms with Crippen molar-refractivity contribution >= 4 is 23.1 Å². The van der Waals surface area contributed by atoms with Crippen LogP contribution in [-0.2, 0) is 18.7 Å². The average Bonchev–Trinajstić information content (AvgIpc) is 2.62. The molecular formula is C13H24N2S2. The van der Waals surface area contributed by atoms with Crippen LogP contribution in [0.25, 0.3) is 0 Å². The molecule has 0 amide bonds. The molecule has 0 aliphatic carbocycles. The Morgan fingerprint density at radius 3 is 2.76 bits per heavy atom. The van der Waals surface area contributed by atoms with Gasteiger partial charge < -0.3 is 5.32 Å². The zero-order valence-electron chi connectivity index (χ0n) is 11.4. The van der Waals surface area contributed by atoms with Gasteiger partial charge in [-0.2, -0.15) is 11.8 Å². The van der Waals surface area contributed by atoms with Crippen molar-refractivity contribution in [2.45, 2.75) is 45.9 Å². The molecule has 0 bridgehead atoms. The molecule has 4 heteroatoms. The Balaban J connectivity index is 2.57. The number of thioether (sulfide) groups is 1. The number of nitrogens with zero attached hydrogens (tertiary/aromatic N) is 1. The summed E-state index contributed by atoms with van der Waals surface area (Å²) in [6.45, 7) is 7.71. The quantitative estimate of drug-likeness (QED) is 0.781. The Hall–Kier alpha value is -0.0600. The molecule has 17 heavy (non-hydrogen) atoms. The van der Waals surface area contributed by atoms with Gasteiger partial charge in [0.15, 0.2) is 0 Å². The molecule has 0 unspecified atom stereocenters. The van der Waals surface area contributed by atoms with Crippen molar-refractivity contribution in [3.05, 3.63) is 15.6 Å². The summed E-state index contributed by atoms with van der Waals surface area (Å²) in [5, 5.41) is 4.53. The Labute approximate surface area is 114 Å². The molecule has 98 valence electrons. The molecule has 0 aromatic carbocycles. The van der Waals surface area contributed by atoms with E-state index in [1.165, 1.54) is 27.8 Å². The van der Waals surface area contributed by atoms with Crippen LogP contribution in [0.1, 0.15) is 42.8 Å². The molecular weight excluding hydrogens is 248 g/mol. The van der Waals surface area contributed by atoms with Gasteiger partial charge in [-0.25, -0.2) is 4.98 Å². The van der Waals surface area contributed by atoms with Gasteiger partial charge in [-0.05, 0) is 25.1 Å². The van der Waals surface area contributed by atoms with Crippen LogP contribution in [0, 0.1) is 5.92 Å². The van der Waals surface area contributed by atoms with Crippen LogP contribution in [0.5, 0.6) is 0 Å². The molecule has 1 aromatic rings. The zero-order valence-corrected chi connectivity index (χ0v) is 13.0. The maximum Gasteiger partial charge on any atom is 0.103 e. The van der Waals surface area contributed by atoms with Crippen LogP contribution in [-0.4, -0.2) is 17.8 Å². The van der Waals surface area contributed by atoms with E-state index < -0.39 is 0 Å². The van der Waals surface area contributed by atoms with Crippen molar-refractivity contribution in [1.29, 1.82) is 0 Å². The first-order valence-electron chi connectivity index (χ1n) is 6.37. The van der Waals surface area contributed by atoms with Gasteiger partial charge in [-0.3, -0.25) is 0 Å². The highest BCUT2D eigenvalue weighted by molar-refractivity contribution is 7.98. The zero-order chi connectivity index (χ0) is 12.7. The van der Waals surface area contributed by atoms with Crippen LogP contribution in [0.4, 0.5) is 0 Å². The lowest BCUT2D eigenvalue weighted by atomic mass is 10.2. The van der Waals surface area contributed by atoms with Gasteiger partial charge >= 0.3 is 0 Å². The van der Waals surface area contributed by atoms with Gasteiger partial charge in [0.2, 0.25) is 0 Å². The van der Waals surface area contributed by atoms with E-state index in [9.17, 15) is 0 Å². The van der Waals surface area contributed by atoms with E-state index in [1.54, 1.807) is 0 Å². The number of rotatable bonds is 8. The normalized spacial score (nSPS) is 11.4. The second-order valence-corrected chi connectivity index (χ2v) is 6.87. The number of aromatic nitrogens is 1. The van der Waals surface area contributed by atoms with Crippen LogP contribution in [0.3, 0.4) is 0 Å². The highest BCUT2D eigenvalue weighted by atomic mass is 32.2. The van der Waals surface area contributed by atoms with Crippen molar-refractivity contribution in [2.24, 2.45) is 5.92 Å². The fraction of sp³-hybridized carbons (Fsp3) is 0.769. The van der Waals surface area contributed by atoms with Gasteiger partial charge in [0.05, 0.1) is 5.69 Å². The monoisotopic (exact) mass is 272 g/mol. The molecule has 0 aliphatic heterocycles. The van der Waals surface area contributed by atoms with Gasteiger partial charge in [0, 0.05) is 17.2 Å². The molecule has 0 saturated heterocycles. The molecule has 0 radical (unpaired) electrons. The van der Waals surface area contributed by atoms with Gasteiger partial charge in [-0.15, -0.1) is 11.3 Å². The summed E-state index contributed by atoms with van der Waals surface area (Å²) in [4.78, 5) is 6.20. The van der Waals surface area contributed by atoms with Gasteiger partial charge in [0.25, 0.3) is 0 Å². The first-order chi connectivity index (χ1) is 8.17. The molecule has 0 saturated carbocycles. The van der Waals surface area contributed by atoms with E-state index in [4.69, 9.17) is 4.98 Å². The van der Waals surface area contributed by atoms with Crippen molar-refractivity contribution in [3.8, 4) is 0 Å². The summed E-state index contributed by atoms with van der Waals surface area (Å²) in [5.41, 5.74) is 1.31. The summed E-state index contributed by atoms with van der Waals surface area (Å²) in [7, 11) is 2.00. The second-order valence-electron chi connectivity index (χ2n) is 4.67. The lowest BCUT2D eigenvalue weighted by Gasteiger charge is -2.01. The highest BCUT2D eigenvalue weighted by Gasteiger charge is 2.10. The number of thiazole rings is 1. The van der Waals surface area contributed by atoms with E-state index in [0.717, 1.165) is 24.6 Å². The molecule has 0 aliphatic rings. The molecule has 1 N–H and O–H groups in total. The highest BCUT2D eigenvalue weighted by Crippen LogP contribution is 2.24. The maximum absolute atomic E-state index is 4.77. The first kappa shape index (κ1) is 15.0.